The van der Waals surface area contributed by atoms with Gasteiger partial charge in [0.05, 0.1) is 16.7 Å². The molecule has 9 aliphatic rings. The lowest BCUT2D eigenvalue weighted by molar-refractivity contribution is -0.538. The Kier molecular flexibility index (Phi) is 22.4. The van der Waals surface area contributed by atoms with E-state index in [2.05, 4.69) is 192 Å². The van der Waals surface area contributed by atoms with Crippen LogP contribution in [0.1, 0.15) is 208 Å². The lowest BCUT2D eigenvalue weighted by Crippen LogP contribution is -2.81. The number of ether oxygens (including phenoxy) is 1. The number of hydrogen-bond donors (Lipinski definition) is 6. The van der Waals surface area contributed by atoms with Gasteiger partial charge in [0.1, 0.15) is 52.2 Å². The summed E-state index contributed by atoms with van der Waals surface area (Å²) in [6.45, 7) is 40.2. The number of rotatable bonds is 9. The Morgan fingerprint density at radius 1 is 0.491 bits per heavy atom. The minimum absolute atomic E-state index is 0.00410. The zero-order chi connectivity index (χ0) is 85.1. The van der Waals surface area contributed by atoms with E-state index in [1.807, 2.05) is 58.0 Å². The predicted molar refractivity (Wildman–Crippen MR) is 438 cm³/mol. The van der Waals surface area contributed by atoms with Crippen molar-refractivity contribution in [2.75, 3.05) is 16.0 Å². The monoisotopic (exact) mass is 1630 g/mol. The van der Waals surface area contributed by atoms with Gasteiger partial charge in [-0.2, -0.15) is 19.2 Å². The van der Waals surface area contributed by atoms with Crippen LogP contribution in [0.4, 0.5) is 17.1 Å². The zero-order valence-corrected chi connectivity index (χ0v) is 71.1. The fraction of sp³-hybridized carbons (Fsp3) is 0.352. The molecular formula is C91H98N6O16S3. The van der Waals surface area contributed by atoms with Crippen molar-refractivity contribution in [1.29, 1.82) is 0 Å². The molecule has 0 aromatic heterocycles. The molecule has 8 N–H and O–H groups in total. The van der Waals surface area contributed by atoms with E-state index in [1.54, 1.807) is 12.1 Å². The van der Waals surface area contributed by atoms with Crippen molar-refractivity contribution in [3.63, 3.8) is 0 Å². The highest BCUT2D eigenvalue weighted by atomic mass is 32.2. The van der Waals surface area contributed by atoms with Gasteiger partial charge in [-0.3, -0.25) is 10.8 Å². The predicted octanol–water partition coefficient (Wildman–Crippen LogP) is 11.4. The van der Waals surface area contributed by atoms with Crippen LogP contribution >= 0.6 is 0 Å². The van der Waals surface area contributed by atoms with Gasteiger partial charge >= 0.3 is 12.3 Å². The zero-order valence-electron chi connectivity index (χ0n) is 68.7. The first-order chi connectivity index (χ1) is 54.1. The molecule has 0 saturated heterocycles. The number of nitrogens with one attached hydrogen (secondary N) is 4. The molecule has 22 nitrogen and oxygen atoms in total. The molecular weight excluding hydrogens is 1530 g/mol. The topological polar surface area (TPSA) is 377 Å². The number of aryl methyl sites for hydroxylation is 4. The van der Waals surface area contributed by atoms with Gasteiger partial charge in [0.25, 0.3) is 0 Å². The first-order valence-electron chi connectivity index (χ1n) is 38.6. The van der Waals surface area contributed by atoms with Gasteiger partial charge in [-0.15, -0.1) is 0 Å². The van der Waals surface area contributed by atoms with Gasteiger partial charge in [0, 0.05) is 112 Å². The van der Waals surface area contributed by atoms with Crippen LogP contribution in [0.25, 0.3) is 72.4 Å². The normalized spacial score (nSPS) is 16.9. The molecule has 2 aliphatic carbocycles. The summed E-state index contributed by atoms with van der Waals surface area (Å²) in [5.41, 5.74) is 20.5. The van der Waals surface area contributed by atoms with Crippen molar-refractivity contribution >= 4 is 87.2 Å². The summed E-state index contributed by atoms with van der Waals surface area (Å²) >= 11 is 0. The molecule has 0 bridgehead atoms. The lowest BCUT2D eigenvalue weighted by atomic mass is 9.78. The molecule has 0 fully saturated rings. The smallest absolute Gasteiger partial charge is 0.373 e. The molecule has 2 unspecified atom stereocenters. The quantitative estimate of drug-likeness (QED) is 0.0577. The van der Waals surface area contributed by atoms with Crippen LogP contribution < -0.4 is 57.8 Å². The second kappa shape index (κ2) is 30.7. The highest BCUT2D eigenvalue weighted by Gasteiger charge is 2.46. The molecule has 116 heavy (non-hydrogen) atoms. The van der Waals surface area contributed by atoms with Crippen LogP contribution in [0.2, 0.25) is 0 Å². The third-order valence-corrected chi connectivity index (χ3v) is 26.8. The summed E-state index contributed by atoms with van der Waals surface area (Å²) in [7, 11) is -14.6. The van der Waals surface area contributed by atoms with Gasteiger partial charge in [0.2, 0.25) is 16.1 Å². The minimum Gasteiger partial charge on any atom is -0.744 e. The highest BCUT2D eigenvalue weighted by Crippen LogP contribution is 2.54. The summed E-state index contributed by atoms with van der Waals surface area (Å²) in [6, 6.07) is 40.0. The standard InChI is InChI=1S/C33H38N2O4S.2C28H30N2O4S.2CO2/c1-16(2)20-10-12-21(13-11-20)26-22-14-24-27(34-18(4)32(24,6)7)17(3)29(22)39-30-23(26)15-25-28(31(30)40(36,37)38)35-19(5)33(25,8)9;1-15(2)17-6-8-18(9-7-17)23-20-10-11-22(29)27(35(31,32)33)26(20)34-25-16(3)24-19(14-21(23)25)12-13-28(4,5)30-24;1-15(2)17-7-6-8-18(13-17)23-20-9-10-22(29)27(35(31,32)33)26(20)34-25-16(3)24-19(14-21(23)25)11-12-28(4,5)30-24;2*2-1-3/h10-16,18-19,35H,1-9H3,(H,36,37,38);6-11,14-15,29-30H,12-13H2,1-5H3,(H,31,32,33);6-10,13-15,29-30H,11-12H2,1-5H3,(H,31,32,33);;. The van der Waals surface area contributed by atoms with Crippen molar-refractivity contribution in [3.8, 4) is 56.4 Å². The fourth-order valence-electron chi connectivity index (χ4n) is 16.8. The maximum Gasteiger partial charge on any atom is 0.373 e. The second-order valence-electron chi connectivity index (χ2n) is 34.3. The summed E-state index contributed by atoms with van der Waals surface area (Å²) in [5.74, 6) is 1.75. The Morgan fingerprint density at radius 3 is 1.37 bits per heavy atom. The number of benzene rings is 9. The van der Waals surface area contributed by atoms with Crippen molar-refractivity contribution in [2.24, 2.45) is 0 Å². The minimum atomic E-state index is -4.89. The molecule has 0 saturated carbocycles. The molecule has 606 valence electrons. The van der Waals surface area contributed by atoms with E-state index < -0.39 is 45.6 Å². The summed E-state index contributed by atoms with van der Waals surface area (Å²) in [5, 5.41) is 26.0. The summed E-state index contributed by atoms with van der Waals surface area (Å²) in [6.07, 6.45) is 4.31. The maximum atomic E-state index is 13.0. The average molecular weight is 1630 g/mol. The van der Waals surface area contributed by atoms with Crippen LogP contribution in [0, 0.1) is 20.8 Å². The lowest BCUT2D eigenvalue weighted by Gasteiger charge is -2.35. The van der Waals surface area contributed by atoms with E-state index in [9.17, 15) is 38.9 Å². The van der Waals surface area contributed by atoms with Crippen molar-refractivity contribution < 1.29 is 87.5 Å². The van der Waals surface area contributed by atoms with Crippen LogP contribution in [0.5, 0.6) is 11.5 Å². The van der Waals surface area contributed by atoms with Crippen molar-refractivity contribution in [1.82, 2.24) is 0 Å². The van der Waals surface area contributed by atoms with E-state index in [0.717, 1.165) is 120 Å². The molecule has 0 spiro atoms. The first kappa shape index (κ1) is 84.7. The van der Waals surface area contributed by atoms with E-state index in [0.29, 0.717) is 57.0 Å². The van der Waals surface area contributed by atoms with E-state index in [-0.39, 0.29) is 73.8 Å². The molecule has 0 amide bonds. The summed E-state index contributed by atoms with van der Waals surface area (Å²) < 4.78 is 132. The highest BCUT2D eigenvalue weighted by molar-refractivity contribution is 7.86. The fourth-order valence-corrected chi connectivity index (χ4v) is 19.0. The van der Waals surface area contributed by atoms with Crippen molar-refractivity contribution in [3.05, 3.63) is 209 Å². The first-order valence-corrected chi connectivity index (χ1v) is 42.9. The number of anilines is 3. The molecule has 7 aromatic rings. The molecule has 7 aliphatic heterocycles. The Labute approximate surface area is 675 Å². The third kappa shape index (κ3) is 15.4. The maximum absolute atomic E-state index is 13.0. The molecule has 7 aromatic carbocycles. The van der Waals surface area contributed by atoms with Crippen LogP contribution in [-0.4, -0.2) is 74.4 Å². The van der Waals surface area contributed by atoms with Gasteiger partial charge in [0.15, 0.2) is 33.1 Å². The molecule has 0 radical (unpaired) electrons. The number of fused-ring (bicyclic) bond motifs is 10. The van der Waals surface area contributed by atoms with Crippen LogP contribution in [0.15, 0.2) is 145 Å². The van der Waals surface area contributed by atoms with Gasteiger partial charge in [-0.05, 0) is 206 Å². The summed E-state index contributed by atoms with van der Waals surface area (Å²) in [4.78, 5) is 34.8. The van der Waals surface area contributed by atoms with Crippen molar-refractivity contribution in [2.45, 2.75) is 224 Å². The molecule has 16 rings (SSSR count). The molecule has 25 heteroatoms. The SMILES string of the molecule is Cc1c2c(cc3c(-c4ccc(C(C)C)cc4)c4ccc(=[NH2+])c(S(=O)(=O)[O-])c-4oc13)CCC(C)(C)N2.Cc1c2c(cc3c(-c4cccc(C(C)C)c4)c4ccc(=[NH2+])c(S(=O)(=O)[O-])c-4oc13)CCC(C)(C)N2.Cc1c2c(cc3c1=[NH+]C(C)C3(C)C)=C(c1ccc(C(C)C)cc1)c1cc3c(c(S(=O)(=O)[O-])c1O2)NC(C)C3(C)C.O=C=O.O=C=O. The second-order valence-corrected chi connectivity index (χ2v) is 38.3. The van der Waals surface area contributed by atoms with Crippen LogP contribution in [-0.2, 0) is 73.2 Å². The largest absolute Gasteiger partial charge is 0.744 e. The Hall–Kier alpha value is -10.7. The van der Waals surface area contributed by atoms with E-state index in [4.69, 9.17) is 43.6 Å². The Balaban J connectivity index is 0.000000155. The number of hydrogen-bond acceptors (Lipinski definition) is 19. The van der Waals surface area contributed by atoms with Gasteiger partial charge in [-0.25, -0.2) is 30.2 Å². The Morgan fingerprint density at radius 2 is 0.931 bits per heavy atom. The van der Waals surface area contributed by atoms with Crippen LogP contribution in [0.3, 0.4) is 0 Å². The molecule has 2 atom stereocenters. The van der Waals surface area contributed by atoms with E-state index >= 15 is 0 Å². The number of nitrogens with two attached hydrogens (primary N) is 2. The Bertz CT molecular complexity index is 6510. The third-order valence-electron chi connectivity index (χ3n) is 24.0. The molecule has 7 heterocycles. The number of carbonyl (C=O) groups excluding carboxylic acids is 4. The van der Waals surface area contributed by atoms with Gasteiger partial charge < -0.3 is 43.2 Å². The van der Waals surface area contributed by atoms with Gasteiger partial charge in [-0.1, -0.05) is 128 Å². The van der Waals surface area contributed by atoms with E-state index in [1.165, 1.54) is 39.9 Å². The average Bonchev–Trinajstić information content (AvgIpc) is 1.42.